The third-order valence-corrected chi connectivity index (χ3v) is 2.23. The fourth-order valence-electron chi connectivity index (χ4n) is 1.35. The zero-order chi connectivity index (χ0) is 13.4. The number of nitrogens with zero attached hydrogens (tertiary/aromatic N) is 1. The molecular formula is C11H22N2O4. The molecule has 0 aliphatic heterocycles. The molecule has 0 aliphatic carbocycles. The van der Waals surface area contributed by atoms with Crippen molar-refractivity contribution in [2.24, 2.45) is 5.92 Å². The summed E-state index contributed by atoms with van der Waals surface area (Å²) >= 11 is 0. The van der Waals surface area contributed by atoms with Gasteiger partial charge in [-0.05, 0) is 12.8 Å². The molecule has 0 aliphatic rings. The number of aliphatic carboxylic acids is 1. The Bertz CT molecular complexity index is 256. The SMILES string of the molecule is CCN(CC(C)C)C(=O)NCCC(O)C(=O)O. The van der Waals surface area contributed by atoms with Crippen molar-refractivity contribution in [1.29, 1.82) is 0 Å². The standard InChI is InChI=1S/C11H22N2O4/c1-4-13(7-8(2)3)11(17)12-6-5-9(14)10(15)16/h8-9,14H,4-7H2,1-3H3,(H,12,17)(H,15,16). The van der Waals surface area contributed by atoms with E-state index >= 15 is 0 Å². The minimum absolute atomic E-state index is 0.0142. The number of aliphatic hydroxyl groups excluding tert-OH is 1. The zero-order valence-corrected chi connectivity index (χ0v) is 10.6. The highest BCUT2D eigenvalue weighted by Gasteiger charge is 2.15. The predicted octanol–water partition coefficient (Wildman–Crippen LogP) is 0.509. The lowest BCUT2D eigenvalue weighted by Crippen LogP contribution is -2.42. The first kappa shape index (κ1) is 15.7. The maximum Gasteiger partial charge on any atom is 0.332 e. The van der Waals surface area contributed by atoms with Gasteiger partial charge in [0.25, 0.3) is 0 Å². The molecule has 0 bridgehead atoms. The minimum Gasteiger partial charge on any atom is -0.479 e. The minimum atomic E-state index is -1.42. The van der Waals surface area contributed by atoms with Crippen LogP contribution in [-0.4, -0.2) is 52.9 Å². The first-order valence-corrected chi connectivity index (χ1v) is 5.82. The molecule has 0 saturated heterocycles. The van der Waals surface area contributed by atoms with Gasteiger partial charge in [0.1, 0.15) is 0 Å². The Kier molecular flexibility index (Phi) is 7.29. The van der Waals surface area contributed by atoms with Gasteiger partial charge < -0.3 is 20.4 Å². The summed E-state index contributed by atoms with van der Waals surface area (Å²) in [6, 6.07) is -0.223. The largest absolute Gasteiger partial charge is 0.479 e. The van der Waals surface area contributed by atoms with Crippen molar-refractivity contribution in [2.45, 2.75) is 33.3 Å². The molecule has 0 fully saturated rings. The van der Waals surface area contributed by atoms with Gasteiger partial charge in [-0.3, -0.25) is 0 Å². The fourth-order valence-corrected chi connectivity index (χ4v) is 1.35. The van der Waals surface area contributed by atoms with E-state index in [1.165, 1.54) is 0 Å². The summed E-state index contributed by atoms with van der Waals surface area (Å²) in [5.41, 5.74) is 0. The number of carbonyl (C=O) groups excluding carboxylic acids is 1. The van der Waals surface area contributed by atoms with E-state index in [1.807, 2.05) is 20.8 Å². The van der Waals surface area contributed by atoms with E-state index < -0.39 is 12.1 Å². The molecule has 0 rings (SSSR count). The lowest BCUT2D eigenvalue weighted by Gasteiger charge is -2.23. The van der Waals surface area contributed by atoms with Crippen molar-refractivity contribution < 1.29 is 19.8 Å². The molecule has 0 saturated carbocycles. The molecule has 0 spiro atoms. The van der Waals surface area contributed by atoms with Gasteiger partial charge in [0.2, 0.25) is 0 Å². The van der Waals surface area contributed by atoms with E-state index in [0.29, 0.717) is 19.0 Å². The van der Waals surface area contributed by atoms with Gasteiger partial charge in [-0.2, -0.15) is 0 Å². The lowest BCUT2D eigenvalue weighted by molar-refractivity contribution is -0.146. The second-order valence-electron chi connectivity index (χ2n) is 4.31. The van der Waals surface area contributed by atoms with E-state index in [2.05, 4.69) is 5.32 Å². The Labute approximate surface area is 102 Å². The van der Waals surface area contributed by atoms with Crippen molar-refractivity contribution in [3.05, 3.63) is 0 Å². The summed E-state index contributed by atoms with van der Waals surface area (Å²) in [5.74, 6) is -0.890. The summed E-state index contributed by atoms with van der Waals surface area (Å²) in [6.45, 7) is 7.33. The third kappa shape index (κ3) is 6.78. The number of aliphatic hydroxyl groups is 1. The van der Waals surface area contributed by atoms with Gasteiger partial charge in [-0.15, -0.1) is 0 Å². The number of carboxylic acids is 1. The molecule has 0 aromatic heterocycles. The average Bonchev–Trinajstić information content (AvgIpc) is 2.24. The molecular weight excluding hydrogens is 224 g/mol. The van der Waals surface area contributed by atoms with E-state index in [1.54, 1.807) is 4.90 Å². The van der Waals surface area contributed by atoms with Crippen LogP contribution in [0.15, 0.2) is 0 Å². The van der Waals surface area contributed by atoms with Crippen LogP contribution in [0, 0.1) is 5.92 Å². The molecule has 17 heavy (non-hydrogen) atoms. The second kappa shape index (κ2) is 7.89. The Morgan fingerprint density at radius 3 is 2.35 bits per heavy atom. The number of hydrogen-bond acceptors (Lipinski definition) is 3. The van der Waals surface area contributed by atoms with Crippen LogP contribution in [0.25, 0.3) is 0 Å². The van der Waals surface area contributed by atoms with Gasteiger partial charge in [-0.1, -0.05) is 13.8 Å². The number of nitrogens with one attached hydrogen (secondary N) is 1. The number of hydrogen-bond donors (Lipinski definition) is 3. The van der Waals surface area contributed by atoms with Gasteiger partial charge >= 0.3 is 12.0 Å². The van der Waals surface area contributed by atoms with Gasteiger partial charge in [0.15, 0.2) is 6.10 Å². The molecule has 0 heterocycles. The summed E-state index contributed by atoms with van der Waals surface area (Å²) < 4.78 is 0. The van der Waals surface area contributed by atoms with Crippen LogP contribution in [0.2, 0.25) is 0 Å². The van der Waals surface area contributed by atoms with E-state index in [9.17, 15) is 9.59 Å². The molecule has 1 unspecified atom stereocenters. The normalized spacial score (nSPS) is 12.3. The highest BCUT2D eigenvalue weighted by atomic mass is 16.4. The highest BCUT2D eigenvalue weighted by molar-refractivity contribution is 5.74. The van der Waals surface area contributed by atoms with Gasteiger partial charge in [0.05, 0.1) is 0 Å². The fraction of sp³-hybridized carbons (Fsp3) is 0.818. The van der Waals surface area contributed by atoms with Crippen molar-refractivity contribution in [3.63, 3.8) is 0 Å². The lowest BCUT2D eigenvalue weighted by atomic mass is 10.2. The van der Waals surface area contributed by atoms with Crippen molar-refractivity contribution >= 4 is 12.0 Å². The molecule has 6 heteroatoms. The second-order valence-corrected chi connectivity index (χ2v) is 4.31. The molecule has 0 aromatic carbocycles. The highest BCUT2D eigenvalue weighted by Crippen LogP contribution is 1.99. The van der Waals surface area contributed by atoms with E-state index in [4.69, 9.17) is 10.2 Å². The first-order chi connectivity index (χ1) is 7.88. The van der Waals surface area contributed by atoms with Crippen LogP contribution in [-0.2, 0) is 4.79 Å². The smallest absolute Gasteiger partial charge is 0.332 e. The maximum absolute atomic E-state index is 11.6. The Balaban J connectivity index is 3.94. The summed E-state index contributed by atoms with van der Waals surface area (Å²) in [5, 5.41) is 20.1. The first-order valence-electron chi connectivity index (χ1n) is 5.82. The van der Waals surface area contributed by atoms with Crippen molar-refractivity contribution in [2.75, 3.05) is 19.6 Å². The number of rotatable bonds is 7. The van der Waals surface area contributed by atoms with Crippen molar-refractivity contribution in [1.82, 2.24) is 10.2 Å². The maximum atomic E-state index is 11.6. The van der Waals surface area contributed by atoms with Crippen LogP contribution in [0.3, 0.4) is 0 Å². The van der Waals surface area contributed by atoms with E-state index in [-0.39, 0.29) is 19.0 Å². The topological polar surface area (TPSA) is 89.9 Å². The quantitative estimate of drug-likeness (QED) is 0.610. The van der Waals surface area contributed by atoms with E-state index in [0.717, 1.165) is 0 Å². The van der Waals surface area contributed by atoms with Gasteiger partial charge in [0, 0.05) is 26.1 Å². The van der Waals surface area contributed by atoms with Gasteiger partial charge in [-0.25, -0.2) is 9.59 Å². The Morgan fingerprint density at radius 1 is 1.35 bits per heavy atom. The third-order valence-electron chi connectivity index (χ3n) is 2.23. The van der Waals surface area contributed by atoms with Crippen LogP contribution < -0.4 is 5.32 Å². The predicted molar refractivity (Wildman–Crippen MR) is 63.7 cm³/mol. The van der Waals surface area contributed by atoms with Crippen LogP contribution >= 0.6 is 0 Å². The van der Waals surface area contributed by atoms with Crippen molar-refractivity contribution in [3.8, 4) is 0 Å². The zero-order valence-electron chi connectivity index (χ0n) is 10.6. The Hall–Kier alpha value is -1.30. The number of carbonyl (C=O) groups is 2. The molecule has 1 atom stereocenters. The summed E-state index contributed by atoms with van der Waals surface area (Å²) in [7, 11) is 0. The number of carboxylic acid groups (broad SMARTS) is 1. The monoisotopic (exact) mass is 246 g/mol. The molecule has 2 amide bonds. The molecule has 0 aromatic rings. The van der Waals surface area contributed by atoms with Crippen LogP contribution in [0.1, 0.15) is 27.2 Å². The van der Waals surface area contributed by atoms with Crippen LogP contribution in [0.4, 0.5) is 4.79 Å². The summed E-state index contributed by atoms with van der Waals surface area (Å²) in [6.07, 6.45) is -1.41. The van der Waals surface area contributed by atoms with Crippen LogP contribution in [0.5, 0.6) is 0 Å². The molecule has 100 valence electrons. The molecule has 0 radical (unpaired) electrons. The Morgan fingerprint density at radius 2 is 1.94 bits per heavy atom. The number of amides is 2. The summed E-state index contributed by atoms with van der Waals surface area (Å²) in [4.78, 5) is 23.6. The molecule has 3 N–H and O–H groups in total. The average molecular weight is 246 g/mol. The number of urea groups is 1. The molecule has 6 nitrogen and oxygen atoms in total.